The Morgan fingerprint density at radius 1 is 0.759 bits per heavy atom. The number of nitrogens with zero attached hydrogens (tertiary/aromatic N) is 2. The molecule has 0 N–H and O–H groups in total. The maximum Gasteiger partial charge on any atom is 0.410 e. The molecule has 174 valence electrons. The minimum absolute atomic E-state index is 0. The van der Waals surface area contributed by atoms with E-state index in [4.69, 9.17) is 4.74 Å². The van der Waals surface area contributed by atoms with E-state index in [1.807, 2.05) is 11.8 Å². The van der Waals surface area contributed by atoms with E-state index < -0.39 is 0 Å². The summed E-state index contributed by atoms with van der Waals surface area (Å²) in [6.07, 6.45) is 19.7. The second-order valence-corrected chi connectivity index (χ2v) is 9.07. The average Bonchev–Trinajstić information content (AvgIpc) is 2.69. The molecular formula is C24H49BrN2O2. The standard InChI is InChI=1S/C24H49N2O2.BrH/c1-4-6-7-8-9-10-11-12-13-14-15-16-17-18-21-26(3)22-19-25(20-23-26)24(27)28-5-2;/h4-23H2,1-3H3;1H/q+1;/p-1. The van der Waals surface area contributed by atoms with Gasteiger partial charge in [0.2, 0.25) is 0 Å². The highest BCUT2D eigenvalue weighted by molar-refractivity contribution is 5.67. The lowest BCUT2D eigenvalue weighted by molar-refractivity contribution is -0.913. The van der Waals surface area contributed by atoms with Crippen LogP contribution in [0.4, 0.5) is 4.79 Å². The van der Waals surface area contributed by atoms with Gasteiger partial charge in [0.25, 0.3) is 0 Å². The first-order chi connectivity index (χ1) is 13.6. The summed E-state index contributed by atoms with van der Waals surface area (Å²) in [5.74, 6) is 0. The summed E-state index contributed by atoms with van der Waals surface area (Å²) in [6.45, 7) is 9.71. The zero-order chi connectivity index (χ0) is 20.5. The second-order valence-electron chi connectivity index (χ2n) is 9.07. The van der Waals surface area contributed by atoms with Gasteiger partial charge in [0.05, 0.1) is 46.4 Å². The van der Waals surface area contributed by atoms with Gasteiger partial charge in [0.1, 0.15) is 0 Å². The molecule has 0 aliphatic carbocycles. The van der Waals surface area contributed by atoms with Gasteiger partial charge in [-0.05, 0) is 19.8 Å². The monoisotopic (exact) mass is 476 g/mol. The molecule has 1 fully saturated rings. The molecule has 4 nitrogen and oxygen atoms in total. The Morgan fingerprint density at radius 2 is 1.17 bits per heavy atom. The fourth-order valence-electron chi connectivity index (χ4n) is 4.26. The highest BCUT2D eigenvalue weighted by Gasteiger charge is 2.30. The summed E-state index contributed by atoms with van der Waals surface area (Å²) in [5, 5.41) is 0. The first-order valence-corrected chi connectivity index (χ1v) is 12.4. The number of likely N-dealkylation sites (N-methyl/N-ethyl adjacent to an activating group) is 1. The number of hydrogen-bond donors (Lipinski definition) is 0. The minimum atomic E-state index is -0.134. The van der Waals surface area contributed by atoms with E-state index in [1.54, 1.807) is 0 Å². The Kier molecular flexibility index (Phi) is 18.3. The number of unbranched alkanes of at least 4 members (excludes halogenated alkanes) is 13. The first-order valence-electron chi connectivity index (χ1n) is 12.4. The number of carbonyl (C=O) groups excluding carboxylic acids is 1. The van der Waals surface area contributed by atoms with Crippen LogP contribution < -0.4 is 17.0 Å². The molecule has 0 unspecified atom stereocenters. The van der Waals surface area contributed by atoms with Crippen molar-refractivity contribution < 1.29 is 31.0 Å². The van der Waals surface area contributed by atoms with E-state index in [-0.39, 0.29) is 23.1 Å². The fraction of sp³-hybridized carbons (Fsp3) is 0.958. The van der Waals surface area contributed by atoms with Crippen LogP contribution in [-0.4, -0.2) is 61.9 Å². The number of piperazine rings is 1. The van der Waals surface area contributed by atoms with Crippen LogP contribution in [0.3, 0.4) is 0 Å². The van der Waals surface area contributed by atoms with Crippen LogP contribution >= 0.6 is 0 Å². The van der Waals surface area contributed by atoms with E-state index in [2.05, 4.69) is 14.0 Å². The highest BCUT2D eigenvalue weighted by atomic mass is 79.9. The molecule has 1 rings (SSSR count). The Labute approximate surface area is 192 Å². The number of rotatable bonds is 16. The average molecular weight is 478 g/mol. The Hall–Kier alpha value is -0.290. The quantitative estimate of drug-likeness (QED) is 0.252. The number of quaternary nitrogens is 1. The summed E-state index contributed by atoms with van der Waals surface area (Å²) in [7, 11) is 2.35. The largest absolute Gasteiger partial charge is 1.00 e. The van der Waals surface area contributed by atoms with Crippen molar-refractivity contribution in [3.63, 3.8) is 0 Å². The second kappa shape index (κ2) is 18.5. The van der Waals surface area contributed by atoms with Gasteiger partial charge >= 0.3 is 6.09 Å². The van der Waals surface area contributed by atoms with Crippen LogP contribution in [0, 0.1) is 0 Å². The Morgan fingerprint density at radius 3 is 1.59 bits per heavy atom. The van der Waals surface area contributed by atoms with E-state index >= 15 is 0 Å². The van der Waals surface area contributed by atoms with Gasteiger partial charge in [0, 0.05) is 0 Å². The number of ether oxygens (including phenoxy) is 1. The van der Waals surface area contributed by atoms with Gasteiger partial charge in [-0.25, -0.2) is 4.79 Å². The molecule has 0 aromatic heterocycles. The third-order valence-electron chi connectivity index (χ3n) is 6.40. The molecule has 0 aromatic rings. The molecule has 1 heterocycles. The van der Waals surface area contributed by atoms with Crippen molar-refractivity contribution in [2.24, 2.45) is 0 Å². The van der Waals surface area contributed by atoms with Gasteiger partial charge in [-0.15, -0.1) is 0 Å². The van der Waals surface area contributed by atoms with Crippen molar-refractivity contribution in [2.75, 3.05) is 46.4 Å². The zero-order valence-corrected chi connectivity index (χ0v) is 21.3. The van der Waals surface area contributed by atoms with E-state index in [9.17, 15) is 4.79 Å². The van der Waals surface area contributed by atoms with E-state index in [0.29, 0.717) is 6.61 Å². The molecule has 0 saturated carbocycles. The molecule has 0 radical (unpaired) electrons. The van der Waals surface area contributed by atoms with Crippen LogP contribution in [0.15, 0.2) is 0 Å². The van der Waals surface area contributed by atoms with Crippen LogP contribution in [0.2, 0.25) is 0 Å². The predicted molar refractivity (Wildman–Crippen MR) is 120 cm³/mol. The van der Waals surface area contributed by atoms with Crippen molar-refractivity contribution in [1.82, 2.24) is 4.90 Å². The molecule has 1 amide bonds. The molecule has 0 spiro atoms. The van der Waals surface area contributed by atoms with Crippen molar-refractivity contribution in [2.45, 2.75) is 104 Å². The summed E-state index contributed by atoms with van der Waals surface area (Å²) in [6, 6.07) is 0. The van der Waals surface area contributed by atoms with E-state index in [0.717, 1.165) is 30.7 Å². The Bertz CT molecular complexity index is 385. The molecule has 1 aliphatic rings. The predicted octanol–water partition coefficient (Wildman–Crippen LogP) is 3.39. The van der Waals surface area contributed by atoms with Crippen LogP contribution in [0.1, 0.15) is 104 Å². The summed E-state index contributed by atoms with van der Waals surface area (Å²) >= 11 is 0. The van der Waals surface area contributed by atoms with Crippen LogP contribution in [0.25, 0.3) is 0 Å². The van der Waals surface area contributed by atoms with E-state index in [1.165, 1.54) is 96.4 Å². The molecular weight excluding hydrogens is 428 g/mol. The lowest BCUT2D eigenvalue weighted by Gasteiger charge is -2.41. The smallest absolute Gasteiger partial charge is 0.410 e. The van der Waals surface area contributed by atoms with Gasteiger partial charge in [-0.2, -0.15) is 0 Å². The number of halogens is 1. The molecule has 0 atom stereocenters. The van der Waals surface area contributed by atoms with Crippen LogP contribution in [0.5, 0.6) is 0 Å². The normalized spacial score (nSPS) is 15.8. The van der Waals surface area contributed by atoms with Gasteiger partial charge in [-0.1, -0.05) is 84.0 Å². The lowest BCUT2D eigenvalue weighted by Crippen LogP contribution is -3.00. The Balaban J connectivity index is 0.00000784. The fourth-order valence-corrected chi connectivity index (χ4v) is 4.26. The van der Waals surface area contributed by atoms with Gasteiger partial charge < -0.3 is 26.2 Å². The highest BCUT2D eigenvalue weighted by Crippen LogP contribution is 2.16. The van der Waals surface area contributed by atoms with Crippen molar-refractivity contribution in [3.05, 3.63) is 0 Å². The van der Waals surface area contributed by atoms with Crippen molar-refractivity contribution in [3.8, 4) is 0 Å². The maximum atomic E-state index is 11.8. The minimum Gasteiger partial charge on any atom is -1.00 e. The topological polar surface area (TPSA) is 29.5 Å². The number of carbonyl (C=O) groups is 1. The summed E-state index contributed by atoms with van der Waals surface area (Å²) in [5.41, 5.74) is 0. The lowest BCUT2D eigenvalue weighted by atomic mass is 10.0. The number of hydrogen-bond acceptors (Lipinski definition) is 2. The molecule has 1 saturated heterocycles. The maximum absolute atomic E-state index is 11.8. The molecule has 0 aromatic carbocycles. The number of amides is 1. The molecule has 5 heteroatoms. The van der Waals surface area contributed by atoms with Crippen molar-refractivity contribution >= 4 is 6.09 Å². The van der Waals surface area contributed by atoms with Gasteiger partial charge in [0.15, 0.2) is 0 Å². The third kappa shape index (κ3) is 14.4. The zero-order valence-electron chi connectivity index (χ0n) is 19.7. The summed E-state index contributed by atoms with van der Waals surface area (Å²) < 4.78 is 6.24. The third-order valence-corrected chi connectivity index (χ3v) is 6.40. The van der Waals surface area contributed by atoms with Crippen LogP contribution in [-0.2, 0) is 4.74 Å². The van der Waals surface area contributed by atoms with Gasteiger partial charge in [-0.3, -0.25) is 4.90 Å². The SMILES string of the molecule is CCCCCCCCCCCCCCCC[N+]1(C)CCN(C(=O)OCC)CC1.[Br-]. The first kappa shape index (κ1) is 28.7. The van der Waals surface area contributed by atoms with Crippen molar-refractivity contribution in [1.29, 1.82) is 0 Å². The summed E-state index contributed by atoms with van der Waals surface area (Å²) in [4.78, 5) is 13.7. The molecule has 0 bridgehead atoms. The molecule has 1 aliphatic heterocycles. The molecule has 29 heavy (non-hydrogen) atoms.